The zero-order valence-corrected chi connectivity index (χ0v) is 24.4. The van der Waals surface area contributed by atoms with Crippen molar-refractivity contribution in [1.82, 2.24) is 14.3 Å². The van der Waals surface area contributed by atoms with Crippen molar-refractivity contribution < 1.29 is 14.3 Å². The van der Waals surface area contributed by atoms with Crippen LogP contribution in [0.1, 0.15) is 92.0 Å². The minimum Gasteiger partial charge on any atom is -0.491 e. The van der Waals surface area contributed by atoms with Crippen molar-refractivity contribution in [2.45, 2.75) is 98.6 Å². The number of pyridine rings is 1. The smallest absolute Gasteiger partial charge is 0.305 e. The lowest BCUT2D eigenvalue weighted by Gasteiger charge is -2.38. The molecule has 0 unspecified atom stereocenters. The molecule has 7 nitrogen and oxygen atoms in total. The molecule has 4 rings (SSSR count). The van der Waals surface area contributed by atoms with Gasteiger partial charge in [-0.25, -0.2) is 0 Å². The Morgan fingerprint density at radius 2 is 1.82 bits per heavy atom. The number of esters is 1. The number of carbonyl (C=O) groups excluding carboxylic acids is 1. The van der Waals surface area contributed by atoms with Gasteiger partial charge in [0.25, 0.3) is 0 Å². The van der Waals surface area contributed by atoms with Crippen LogP contribution in [0.2, 0.25) is 0 Å². The molecule has 0 radical (unpaired) electrons. The molecule has 0 spiro atoms. The Bertz CT molecular complexity index is 1310. The normalized spacial score (nSPS) is 14.9. The Morgan fingerprint density at radius 3 is 2.56 bits per heavy atom. The minimum atomic E-state index is -0.0672. The number of unbranched alkanes of at least 4 members (excludes halogenated alkanes) is 4. The molecular weight excluding hydrogens is 490 g/mol. The van der Waals surface area contributed by atoms with Crippen molar-refractivity contribution in [3.63, 3.8) is 0 Å². The topological polar surface area (TPSA) is 75.3 Å². The number of rotatable bonds is 13. The highest BCUT2D eigenvalue weighted by Crippen LogP contribution is 2.42. The molecule has 39 heavy (non-hydrogen) atoms. The lowest BCUT2D eigenvalue weighted by molar-refractivity contribution is -0.145. The molecule has 0 aliphatic carbocycles. The summed E-state index contributed by atoms with van der Waals surface area (Å²) in [6.45, 7) is 12.9. The molecular formula is C32H45N3O4. The van der Waals surface area contributed by atoms with E-state index < -0.39 is 0 Å². The number of hydrogen-bond donors (Lipinski definition) is 0. The first-order valence-corrected chi connectivity index (χ1v) is 14.7. The van der Waals surface area contributed by atoms with Crippen LogP contribution in [-0.4, -0.2) is 33.5 Å². The van der Waals surface area contributed by atoms with E-state index in [2.05, 4.69) is 49.9 Å². The number of nitrogens with zero attached hydrogens (tertiary/aromatic N) is 3. The maximum absolute atomic E-state index is 12.3. The fourth-order valence-corrected chi connectivity index (χ4v) is 5.43. The molecule has 3 heterocycles. The first kappa shape index (κ1) is 28.9. The summed E-state index contributed by atoms with van der Waals surface area (Å²) in [7, 11) is 0. The maximum Gasteiger partial charge on any atom is 0.305 e. The van der Waals surface area contributed by atoms with Gasteiger partial charge in [0.2, 0.25) is 0 Å². The van der Waals surface area contributed by atoms with Crippen LogP contribution in [0.15, 0.2) is 41.3 Å². The van der Waals surface area contributed by atoms with Crippen LogP contribution in [0.5, 0.6) is 5.75 Å². The molecule has 1 atom stereocenters. The molecule has 1 aliphatic rings. The molecule has 0 amide bonds. The average molecular weight is 536 g/mol. The summed E-state index contributed by atoms with van der Waals surface area (Å²) in [5.74, 6) is 1.20. The summed E-state index contributed by atoms with van der Waals surface area (Å²) in [6.07, 6.45) is 9.52. The van der Waals surface area contributed by atoms with Gasteiger partial charge in [-0.3, -0.25) is 14.3 Å². The third kappa shape index (κ3) is 6.92. The van der Waals surface area contributed by atoms with E-state index in [1.165, 1.54) is 0 Å². The van der Waals surface area contributed by atoms with Crippen molar-refractivity contribution in [3.8, 4) is 17.1 Å². The highest BCUT2D eigenvalue weighted by molar-refractivity contribution is 5.96. The second-order valence-corrected chi connectivity index (χ2v) is 12.0. The Hall–Kier alpha value is -3.09. The average Bonchev–Trinajstić information content (AvgIpc) is 3.29. The van der Waals surface area contributed by atoms with Crippen molar-refractivity contribution in [3.05, 3.63) is 46.8 Å². The molecule has 3 aromatic rings. The molecule has 2 aromatic heterocycles. The Morgan fingerprint density at radius 1 is 1.08 bits per heavy atom. The second kappa shape index (κ2) is 12.8. The Kier molecular flexibility index (Phi) is 9.52. The van der Waals surface area contributed by atoms with E-state index in [4.69, 9.17) is 14.6 Å². The van der Waals surface area contributed by atoms with E-state index in [-0.39, 0.29) is 22.9 Å². The van der Waals surface area contributed by atoms with Gasteiger partial charge < -0.3 is 14.0 Å². The van der Waals surface area contributed by atoms with Gasteiger partial charge in [0.05, 0.1) is 37.2 Å². The van der Waals surface area contributed by atoms with Gasteiger partial charge in [-0.1, -0.05) is 78.9 Å². The van der Waals surface area contributed by atoms with Crippen LogP contribution in [-0.2, 0) is 16.1 Å². The zero-order chi connectivity index (χ0) is 28.0. The van der Waals surface area contributed by atoms with Crippen molar-refractivity contribution >= 4 is 16.9 Å². The van der Waals surface area contributed by atoms with Crippen molar-refractivity contribution in [2.24, 2.45) is 11.3 Å². The van der Waals surface area contributed by atoms with Crippen LogP contribution >= 0.6 is 0 Å². The molecule has 0 N–H and O–H groups in total. The largest absolute Gasteiger partial charge is 0.491 e. The SMILES string of the molecule is CCC(CC)COC(=O)CCCCCCCOc1cccc2c3n(nc12)C[C@@H](C(C)(C)C)n1ccc(=O)cc1-3. The summed E-state index contributed by atoms with van der Waals surface area (Å²) in [6, 6.07) is 9.61. The number of benzene rings is 1. The molecule has 1 aromatic carbocycles. The fourth-order valence-electron chi connectivity index (χ4n) is 5.43. The second-order valence-electron chi connectivity index (χ2n) is 12.0. The lowest BCUT2D eigenvalue weighted by Crippen LogP contribution is -2.34. The molecule has 0 fully saturated rings. The monoisotopic (exact) mass is 535 g/mol. The van der Waals surface area contributed by atoms with Gasteiger partial charge in [-0.05, 0) is 30.2 Å². The Balaban J connectivity index is 1.31. The summed E-state index contributed by atoms with van der Waals surface area (Å²) >= 11 is 0. The van der Waals surface area contributed by atoms with Crippen LogP contribution in [0, 0.1) is 11.3 Å². The van der Waals surface area contributed by atoms with E-state index in [1.54, 1.807) is 12.1 Å². The minimum absolute atomic E-state index is 0.00244. The van der Waals surface area contributed by atoms with Gasteiger partial charge in [0.15, 0.2) is 5.43 Å². The zero-order valence-electron chi connectivity index (χ0n) is 24.4. The van der Waals surface area contributed by atoms with Crippen LogP contribution in [0.3, 0.4) is 0 Å². The van der Waals surface area contributed by atoms with E-state index in [0.29, 0.717) is 25.6 Å². The molecule has 212 valence electrons. The van der Waals surface area contributed by atoms with Gasteiger partial charge in [0, 0.05) is 30.1 Å². The summed E-state index contributed by atoms with van der Waals surface area (Å²) in [4.78, 5) is 24.3. The molecule has 0 saturated carbocycles. The van der Waals surface area contributed by atoms with Crippen molar-refractivity contribution in [1.29, 1.82) is 0 Å². The van der Waals surface area contributed by atoms with E-state index in [0.717, 1.165) is 79.5 Å². The number of carbonyl (C=O) groups is 1. The maximum atomic E-state index is 12.3. The number of hydrogen-bond acceptors (Lipinski definition) is 5. The van der Waals surface area contributed by atoms with Gasteiger partial charge in [0.1, 0.15) is 11.3 Å². The third-order valence-corrected chi connectivity index (χ3v) is 8.03. The summed E-state index contributed by atoms with van der Waals surface area (Å²) in [5, 5.41) is 5.98. The molecule has 7 heteroatoms. The molecule has 0 bridgehead atoms. The predicted molar refractivity (Wildman–Crippen MR) is 156 cm³/mol. The summed E-state index contributed by atoms with van der Waals surface area (Å²) < 4.78 is 15.9. The van der Waals surface area contributed by atoms with Gasteiger partial charge in [-0.2, -0.15) is 5.10 Å². The van der Waals surface area contributed by atoms with E-state index in [1.807, 2.05) is 18.3 Å². The van der Waals surface area contributed by atoms with Crippen LogP contribution in [0.4, 0.5) is 0 Å². The fraction of sp³-hybridized carbons (Fsp3) is 0.594. The van der Waals surface area contributed by atoms with Gasteiger partial charge in [-0.15, -0.1) is 0 Å². The predicted octanol–water partition coefficient (Wildman–Crippen LogP) is 7.16. The van der Waals surface area contributed by atoms with Crippen LogP contribution < -0.4 is 10.2 Å². The Labute approximate surface area is 232 Å². The highest BCUT2D eigenvalue weighted by Gasteiger charge is 2.34. The van der Waals surface area contributed by atoms with Crippen molar-refractivity contribution in [2.75, 3.05) is 13.2 Å². The third-order valence-electron chi connectivity index (χ3n) is 8.03. The van der Waals surface area contributed by atoms with E-state index in [9.17, 15) is 9.59 Å². The first-order valence-electron chi connectivity index (χ1n) is 14.7. The lowest BCUT2D eigenvalue weighted by atomic mass is 9.85. The quantitative estimate of drug-likeness (QED) is 0.171. The first-order chi connectivity index (χ1) is 18.7. The molecule has 0 saturated heterocycles. The molecule has 1 aliphatic heterocycles. The number of aromatic nitrogens is 3. The van der Waals surface area contributed by atoms with Crippen LogP contribution in [0.25, 0.3) is 22.3 Å². The van der Waals surface area contributed by atoms with Gasteiger partial charge >= 0.3 is 5.97 Å². The standard InChI is InChI=1S/C32H45N3O4/c1-6-23(7-2)22-39-29(37)16-11-9-8-10-12-19-38-27-15-13-14-25-30(27)33-35-21-28(32(3,4)5)34-18-17-24(36)20-26(34)31(25)35/h13-15,17-18,20,23,28H,6-12,16,19,21-22H2,1-5H3/t28-/m0/s1. The summed E-state index contributed by atoms with van der Waals surface area (Å²) in [5.41, 5.74) is 2.74. The van der Waals surface area contributed by atoms with E-state index >= 15 is 0 Å². The highest BCUT2D eigenvalue weighted by atomic mass is 16.5. The number of fused-ring (bicyclic) bond motifs is 5. The number of ether oxygens (including phenoxy) is 2.